The average Bonchev–Trinajstić information content (AvgIpc) is 2.44. The largest absolute Gasteiger partial charge is 0.313 e. The normalized spacial score (nSPS) is 21.2. The van der Waals surface area contributed by atoms with Crippen molar-refractivity contribution < 1.29 is 0 Å². The SMILES string of the molecule is CCCNCc1ccc(CN2CCN(C)CC2C)nc1. The van der Waals surface area contributed by atoms with Crippen molar-refractivity contribution in [2.45, 2.75) is 39.4 Å². The number of rotatable bonds is 6. The third kappa shape index (κ3) is 4.54. The van der Waals surface area contributed by atoms with E-state index < -0.39 is 0 Å². The van der Waals surface area contributed by atoms with Crippen molar-refractivity contribution in [2.75, 3.05) is 33.2 Å². The Balaban J connectivity index is 1.84. The summed E-state index contributed by atoms with van der Waals surface area (Å²) in [4.78, 5) is 9.53. The Morgan fingerprint density at radius 3 is 2.85 bits per heavy atom. The molecule has 1 aliphatic rings. The van der Waals surface area contributed by atoms with Crippen molar-refractivity contribution >= 4 is 0 Å². The Labute approximate surface area is 123 Å². The summed E-state index contributed by atoms with van der Waals surface area (Å²) in [7, 11) is 2.20. The Morgan fingerprint density at radius 1 is 1.35 bits per heavy atom. The molecule has 0 aliphatic carbocycles. The molecule has 4 heteroatoms. The van der Waals surface area contributed by atoms with E-state index in [-0.39, 0.29) is 0 Å². The lowest BCUT2D eigenvalue weighted by atomic mass is 10.1. The number of hydrogen-bond donors (Lipinski definition) is 1. The van der Waals surface area contributed by atoms with Gasteiger partial charge in [-0.25, -0.2) is 0 Å². The minimum Gasteiger partial charge on any atom is -0.313 e. The molecule has 0 spiro atoms. The smallest absolute Gasteiger partial charge is 0.0544 e. The Morgan fingerprint density at radius 2 is 2.20 bits per heavy atom. The van der Waals surface area contributed by atoms with Crippen LogP contribution in [0.3, 0.4) is 0 Å². The van der Waals surface area contributed by atoms with E-state index in [1.54, 1.807) is 0 Å². The van der Waals surface area contributed by atoms with Gasteiger partial charge in [0.15, 0.2) is 0 Å². The number of nitrogens with zero attached hydrogens (tertiary/aromatic N) is 3. The van der Waals surface area contributed by atoms with Gasteiger partial charge in [0.1, 0.15) is 0 Å². The van der Waals surface area contributed by atoms with E-state index in [1.807, 2.05) is 6.20 Å². The summed E-state index contributed by atoms with van der Waals surface area (Å²) < 4.78 is 0. The first-order chi connectivity index (χ1) is 9.69. The molecule has 2 heterocycles. The van der Waals surface area contributed by atoms with E-state index in [1.165, 1.54) is 17.7 Å². The molecule has 1 saturated heterocycles. The number of nitrogens with one attached hydrogen (secondary N) is 1. The van der Waals surface area contributed by atoms with Crippen molar-refractivity contribution in [3.05, 3.63) is 29.6 Å². The number of hydrogen-bond acceptors (Lipinski definition) is 4. The van der Waals surface area contributed by atoms with Crippen LogP contribution in [-0.4, -0.2) is 54.1 Å². The summed E-state index contributed by atoms with van der Waals surface area (Å²) in [5, 5.41) is 3.41. The van der Waals surface area contributed by atoms with E-state index in [9.17, 15) is 0 Å². The van der Waals surface area contributed by atoms with Crippen LogP contribution in [-0.2, 0) is 13.1 Å². The highest BCUT2D eigenvalue weighted by Gasteiger charge is 2.21. The van der Waals surface area contributed by atoms with Gasteiger partial charge in [-0.1, -0.05) is 13.0 Å². The van der Waals surface area contributed by atoms with Crippen LogP contribution >= 0.6 is 0 Å². The van der Waals surface area contributed by atoms with Crippen LogP contribution in [0.25, 0.3) is 0 Å². The second-order valence-electron chi connectivity index (χ2n) is 5.92. The first kappa shape index (κ1) is 15.4. The predicted octanol–water partition coefficient (Wildman–Crippen LogP) is 1.72. The zero-order valence-corrected chi connectivity index (χ0v) is 13.1. The van der Waals surface area contributed by atoms with E-state index in [0.29, 0.717) is 6.04 Å². The molecule has 1 aromatic heterocycles. The van der Waals surface area contributed by atoms with Gasteiger partial charge in [-0.15, -0.1) is 0 Å². The molecule has 0 radical (unpaired) electrons. The first-order valence-electron chi connectivity index (χ1n) is 7.76. The van der Waals surface area contributed by atoms with Crippen molar-refractivity contribution in [3.63, 3.8) is 0 Å². The molecule has 1 unspecified atom stereocenters. The van der Waals surface area contributed by atoms with Crippen molar-refractivity contribution in [1.29, 1.82) is 0 Å². The molecule has 1 atom stereocenters. The summed E-state index contributed by atoms with van der Waals surface area (Å²) in [5.41, 5.74) is 2.45. The molecule has 0 bridgehead atoms. The zero-order valence-electron chi connectivity index (χ0n) is 13.1. The molecule has 0 saturated carbocycles. The van der Waals surface area contributed by atoms with E-state index in [0.717, 1.165) is 39.3 Å². The van der Waals surface area contributed by atoms with E-state index >= 15 is 0 Å². The third-order valence-electron chi connectivity index (χ3n) is 3.98. The van der Waals surface area contributed by atoms with Crippen LogP contribution in [0.2, 0.25) is 0 Å². The standard InChI is InChI=1S/C16H28N4/c1-4-7-17-10-15-5-6-16(18-11-15)13-20-9-8-19(3)12-14(20)2/h5-6,11,14,17H,4,7-10,12-13H2,1-3H3. The molecule has 0 amide bonds. The third-order valence-corrected chi connectivity index (χ3v) is 3.98. The molecule has 1 aliphatic heterocycles. The monoisotopic (exact) mass is 276 g/mol. The molecule has 1 N–H and O–H groups in total. The molecule has 0 aromatic carbocycles. The van der Waals surface area contributed by atoms with Gasteiger partial charge < -0.3 is 10.2 Å². The van der Waals surface area contributed by atoms with Gasteiger partial charge in [-0.2, -0.15) is 0 Å². The van der Waals surface area contributed by atoms with Gasteiger partial charge in [0, 0.05) is 45.0 Å². The quantitative estimate of drug-likeness (QED) is 0.802. The first-order valence-corrected chi connectivity index (χ1v) is 7.76. The van der Waals surface area contributed by atoms with Crippen LogP contribution < -0.4 is 5.32 Å². The zero-order chi connectivity index (χ0) is 14.4. The van der Waals surface area contributed by atoms with Gasteiger partial charge in [0.25, 0.3) is 0 Å². The van der Waals surface area contributed by atoms with Gasteiger partial charge >= 0.3 is 0 Å². The predicted molar refractivity (Wildman–Crippen MR) is 83.6 cm³/mol. The topological polar surface area (TPSA) is 31.4 Å². The lowest BCUT2D eigenvalue weighted by Crippen LogP contribution is -2.49. The van der Waals surface area contributed by atoms with Crippen LogP contribution in [0, 0.1) is 0 Å². The van der Waals surface area contributed by atoms with Gasteiger partial charge in [0.2, 0.25) is 0 Å². The number of pyridine rings is 1. The van der Waals surface area contributed by atoms with E-state index in [2.05, 4.69) is 53.1 Å². The maximum absolute atomic E-state index is 4.61. The molecule has 1 fully saturated rings. The van der Waals surface area contributed by atoms with Crippen LogP contribution in [0.15, 0.2) is 18.3 Å². The molecular weight excluding hydrogens is 248 g/mol. The summed E-state index contributed by atoms with van der Waals surface area (Å²) in [6.45, 7) is 10.9. The Kier molecular flexibility index (Phi) is 5.95. The molecule has 112 valence electrons. The average molecular weight is 276 g/mol. The van der Waals surface area contributed by atoms with Gasteiger partial charge in [-0.05, 0) is 38.6 Å². The minimum atomic E-state index is 0.612. The van der Waals surface area contributed by atoms with Gasteiger partial charge in [0.05, 0.1) is 5.69 Å². The highest BCUT2D eigenvalue weighted by Crippen LogP contribution is 2.12. The van der Waals surface area contributed by atoms with Gasteiger partial charge in [-0.3, -0.25) is 9.88 Å². The number of aromatic nitrogens is 1. The molecular formula is C16H28N4. The highest BCUT2D eigenvalue weighted by molar-refractivity contribution is 5.14. The number of piperazine rings is 1. The maximum atomic E-state index is 4.61. The lowest BCUT2D eigenvalue weighted by molar-refractivity contribution is 0.0927. The minimum absolute atomic E-state index is 0.612. The molecule has 2 rings (SSSR count). The summed E-state index contributed by atoms with van der Waals surface area (Å²) in [6, 6.07) is 4.99. The summed E-state index contributed by atoms with van der Waals surface area (Å²) in [6.07, 6.45) is 3.19. The fourth-order valence-electron chi connectivity index (χ4n) is 2.68. The Bertz CT molecular complexity index is 390. The second-order valence-corrected chi connectivity index (χ2v) is 5.92. The van der Waals surface area contributed by atoms with Crippen molar-refractivity contribution in [3.8, 4) is 0 Å². The lowest BCUT2D eigenvalue weighted by Gasteiger charge is -2.37. The van der Waals surface area contributed by atoms with E-state index in [4.69, 9.17) is 0 Å². The Hall–Kier alpha value is -0.970. The molecule has 1 aromatic rings. The summed E-state index contributed by atoms with van der Waals surface area (Å²) >= 11 is 0. The summed E-state index contributed by atoms with van der Waals surface area (Å²) in [5.74, 6) is 0. The van der Waals surface area contributed by atoms with Crippen LogP contribution in [0.5, 0.6) is 0 Å². The fourth-order valence-corrected chi connectivity index (χ4v) is 2.68. The van der Waals surface area contributed by atoms with Crippen molar-refractivity contribution in [2.24, 2.45) is 0 Å². The van der Waals surface area contributed by atoms with Crippen molar-refractivity contribution in [1.82, 2.24) is 20.1 Å². The van der Waals surface area contributed by atoms with Crippen LogP contribution in [0.1, 0.15) is 31.5 Å². The molecule has 4 nitrogen and oxygen atoms in total. The fraction of sp³-hybridized carbons (Fsp3) is 0.688. The molecule has 20 heavy (non-hydrogen) atoms. The number of likely N-dealkylation sites (N-methyl/N-ethyl adjacent to an activating group) is 1. The maximum Gasteiger partial charge on any atom is 0.0544 e. The van der Waals surface area contributed by atoms with Crippen LogP contribution in [0.4, 0.5) is 0 Å². The highest BCUT2D eigenvalue weighted by atomic mass is 15.3. The second kappa shape index (κ2) is 7.72.